The molecule has 0 aliphatic carbocycles. The number of aromatic nitrogens is 2. The summed E-state index contributed by atoms with van der Waals surface area (Å²) in [4.78, 5) is 1.12. The number of nitrogens with two attached hydrogens (primary N) is 1. The minimum absolute atomic E-state index is 0.0397. The van der Waals surface area contributed by atoms with Crippen molar-refractivity contribution < 1.29 is 8.78 Å². The fourth-order valence-electron chi connectivity index (χ4n) is 2.26. The van der Waals surface area contributed by atoms with Gasteiger partial charge in [-0.2, -0.15) is 13.9 Å². The van der Waals surface area contributed by atoms with E-state index in [0.29, 0.717) is 28.0 Å². The van der Waals surface area contributed by atoms with Crippen molar-refractivity contribution in [1.29, 1.82) is 0 Å². The molecule has 3 aromatic rings. The molecular weight excluding hydrogens is 338 g/mol. The Morgan fingerprint density at radius 1 is 1.43 bits per heavy atom. The highest BCUT2D eigenvalue weighted by Crippen LogP contribution is 2.43. The summed E-state index contributed by atoms with van der Waals surface area (Å²) in [5, 5.41) is 13.2. The number of alkyl halides is 2. The molecule has 0 aromatic carbocycles. The fourth-order valence-corrected chi connectivity index (χ4v) is 4.20. The maximum absolute atomic E-state index is 14.3. The van der Waals surface area contributed by atoms with E-state index >= 15 is 0 Å². The highest BCUT2D eigenvalue weighted by atomic mass is 32.1. The van der Waals surface area contributed by atoms with Crippen LogP contribution in [0.25, 0.3) is 10.2 Å². The summed E-state index contributed by atoms with van der Waals surface area (Å²) in [7, 11) is 0. The Balaban J connectivity index is 2.01. The van der Waals surface area contributed by atoms with Gasteiger partial charge in [-0.05, 0) is 30.9 Å². The summed E-state index contributed by atoms with van der Waals surface area (Å²) in [5.41, 5.74) is 7.12. The van der Waals surface area contributed by atoms with Gasteiger partial charge < -0.3 is 11.1 Å². The largest absolute Gasteiger partial charge is 0.378 e. The molecule has 0 spiro atoms. The second-order valence-corrected chi connectivity index (χ2v) is 7.39. The van der Waals surface area contributed by atoms with Crippen LogP contribution in [0, 0.1) is 6.92 Å². The Bertz CT molecular complexity index is 812. The van der Waals surface area contributed by atoms with Crippen LogP contribution in [-0.2, 0) is 12.5 Å². The number of thiophene rings is 2. The molecule has 0 amide bonds. The summed E-state index contributed by atoms with van der Waals surface area (Å²) < 4.78 is 29.4. The molecule has 4 nitrogen and oxygen atoms in total. The van der Waals surface area contributed by atoms with Crippen LogP contribution in [0.2, 0.25) is 0 Å². The summed E-state index contributed by atoms with van der Waals surface area (Å²) in [6.45, 7) is 3.57. The quantitative estimate of drug-likeness (QED) is 0.724. The lowest BCUT2D eigenvalue weighted by atomic mass is 10.1. The topological polar surface area (TPSA) is 63.8 Å². The first-order valence-corrected chi connectivity index (χ1v) is 8.75. The molecule has 3 heterocycles. The van der Waals surface area contributed by atoms with E-state index in [2.05, 4.69) is 15.5 Å². The highest BCUT2D eigenvalue weighted by Gasteiger charge is 2.40. The minimum Gasteiger partial charge on any atom is -0.378 e. The average Bonchev–Trinajstić information content (AvgIpc) is 3.14. The summed E-state index contributed by atoms with van der Waals surface area (Å²) in [6, 6.07) is 2.72. The van der Waals surface area contributed by atoms with E-state index in [1.54, 1.807) is 24.5 Å². The molecular formula is C15H16F2N4S2. The molecule has 0 fully saturated rings. The standard InChI is InChI=1S/C15H16F2N4S2/c1-8-12-13(23-14(8)15(16,17)9(2)18)11(7-20-21-12)19-6-10-4-3-5-22-10/h3-5,7,9H,6,18H2,1-2H3,(H,19,21)/t9-/m0/s1. The van der Waals surface area contributed by atoms with Gasteiger partial charge in [0.15, 0.2) is 0 Å². The molecule has 1 atom stereocenters. The van der Waals surface area contributed by atoms with Crippen LogP contribution in [0.4, 0.5) is 14.5 Å². The SMILES string of the molecule is Cc1c(C(F)(F)[C@H](C)N)sc2c(NCc3cccs3)cnnc12. The van der Waals surface area contributed by atoms with Crippen molar-refractivity contribution >= 4 is 38.6 Å². The minimum atomic E-state index is -3.08. The predicted molar refractivity (Wildman–Crippen MR) is 91.3 cm³/mol. The van der Waals surface area contributed by atoms with E-state index in [1.165, 1.54) is 6.92 Å². The van der Waals surface area contributed by atoms with Gasteiger partial charge in [-0.25, -0.2) is 0 Å². The Kier molecular flexibility index (Phi) is 4.31. The first-order chi connectivity index (χ1) is 10.9. The van der Waals surface area contributed by atoms with Crippen molar-refractivity contribution in [3.8, 4) is 0 Å². The van der Waals surface area contributed by atoms with E-state index in [9.17, 15) is 8.78 Å². The van der Waals surface area contributed by atoms with E-state index in [4.69, 9.17) is 5.73 Å². The molecule has 0 bridgehead atoms. The van der Waals surface area contributed by atoms with E-state index in [-0.39, 0.29) is 4.88 Å². The molecule has 0 saturated carbocycles. The number of fused-ring (bicyclic) bond motifs is 1. The first-order valence-electron chi connectivity index (χ1n) is 7.06. The van der Waals surface area contributed by atoms with Crippen LogP contribution in [-0.4, -0.2) is 16.2 Å². The number of nitrogens with zero attached hydrogens (tertiary/aromatic N) is 2. The van der Waals surface area contributed by atoms with Crippen molar-refractivity contribution in [2.45, 2.75) is 32.4 Å². The van der Waals surface area contributed by atoms with Crippen LogP contribution in [0.15, 0.2) is 23.7 Å². The lowest BCUT2D eigenvalue weighted by Crippen LogP contribution is -2.35. The summed E-state index contributed by atoms with van der Waals surface area (Å²) in [6.07, 6.45) is 1.57. The van der Waals surface area contributed by atoms with Crippen LogP contribution in [0.1, 0.15) is 22.2 Å². The van der Waals surface area contributed by atoms with Crippen LogP contribution < -0.4 is 11.1 Å². The van der Waals surface area contributed by atoms with Gasteiger partial charge in [-0.1, -0.05) is 6.07 Å². The van der Waals surface area contributed by atoms with Crippen LogP contribution in [0.3, 0.4) is 0 Å². The molecule has 122 valence electrons. The molecule has 0 aliphatic rings. The third kappa shape index (κ3) is 2.93. The number of aryl methyl sites for hydroxylation is 1. The zero-order chi connectivity index (χ0) is 16.6. The molecule has 0 unspecified atom stereocenters. The second kappa shape index (κ2) is 6.10. The van der Waals surface area contributed by atoms with Crippen molar-refractivity contribution in [1.82, 2.24) is 10.2 Å². The molecule has 3 rings (SSSR count). The van der Waals surface area contributed by atoms with Crippen molar-refractivity contribution in [2.75, 3.05) is 5.32 Å². The van der Waals surface area contributed by atoms with Gasteiger partial charge in [0, 0.05) is 11.4 Å². The number of rotatable bonds is 5. The Labute approximate surface area is 140 Å². The Hall–Kier alpha value is -1.64. The summed E-state index contributed by atoms with van der Waals surface area (Å²) >= 11 is 2.66. The highest BCUT2D eigenvalue weighted by molar-refractivity contribution is 7.20. The van der Waals surface area contributed by atoms with Crippen molar-refractivity contribution in [3.05, 3.63) is 39.0 Å². The molecule has 0 saturated heterocycles. The van der Waals surface area contributed by atoms with Gasteiger partial charge in [-0.15, -0.1) is 27.8 Å². The van der Waals surface area contributed by atoms with Gasteiger partial charge in [0.05, 0.1) is 27.5 Å². The van der Waals surface area contributed by atoms with Gasteiger partial charge in [0.1, 0.15) is 5.52 Å². The van der Waals surface area contributed by atoms with Crippen LogP contribution in [0.5, 0.6) is 0 Å². The fraction of sp³-hybridized carbons (Fsp3) is 0.333. The van der Waals surface area contributed by atoms with Crippen molar-refractivity contribution in [3.63, 3.8) is 0 Å². The molecule has 8 heteroatoms. The normalized spacial score (nSPS) is 13.4. The molecule has 3 N–H and O–H groups in total. The molecule has 0 radical (unpaired) electrons. The molecule has 23 heavy (non-hydrogen) atoms. The molecule has 0 aliphatic heterocycles. The number of nitrogens with one attached hydrogen (secondary N) is 1. The van der Waals surface area contributed by atoms with E-state index < -0.39 is 12.0 Å². The van der Waals surface area contributed by atoms with Crippen molar-refractivity contribution in [2.24, 2.45) is 5.73 Å². The van der Waals surface area contributed by atoms with Gasteiger partial charge in [-0.3, -0.25) is 0 Å². The number of halogens is 2. The maximum Gasteiger partial charge on any atom is 0.297 e. The van der Waals surface area contributed by atoms with Gasteiger partial charge in [0.2, 0.25) is 0 Å². The van der Waals surface area contributed by atoms with E-state index in [0.717, 1.165) is 16.2 Å². The number of anilines is 1. The lowest BCUT2D eigenvalue weighted by molar-refractivity contribution is -0.0223. The zero-order valence-electron chi connectivity index (χ0n) is 12.6. The third-order valence-electron chi connectivity index (χ3n) is 3.61. The average molecular weight is 354 g/mol. The maximum atomic E-state index is 14.3. The van der Waals surface area contributed by atoms with Crippen LogP contribution >= 0.6 is 22.7 Å². The smallest absolute Gasteiger partial charge is 0.297 e. The molecule has 3 aromatic heterocycles. The predicted octanol–water partition coefficient (Wildman–Crippen LogP) is 4.11. The Morgan fingerprint density at radius 2 is 2.22 bits per heavy atom. The second-order valence-electron chi connectivity index (χ2n) is 5.34. The van der Waals surface area contributed by atoms with Gasteiger partial charge in [0.25, 0.3) is 5.92 Å². The van der Waals surface area contributed by atoms with Gasteiger partial charge >= 0.3 is 0 Å². The third-order valence-corrected chi connectivity index (χ3v) is 5.89. The zero-order valence-corrected chi connectivity index (χ0v) is 14.3. The Morgan fingerprint density at radius 3 is 2.87 bits per heavy atom. The summed E-state index contributed by atoms with van der Waals surface area (Å²) in [5.74, 6) is -3.08. The first kappa shape index (κ1) is 16.2. The number of hydrogen-bond donors (Lipinski definition) is 2. The monoisotopic (exact) mass is 354 g/mol. The number of hydrogen-bond acceptors (Lipinski definition) is 6. The lowest BCUT2D eigenvalue weighted by Gasteiger charge is -2.19. The van der Waals surface area contributed by atoms with E-state index in [1.807, 2.05) is 17.5 Å².